The Morgan fingerprint density at radius 2 is 1.82 bits per heavy atom. The summed E-state index contributed by atoms with van der Waals surface area (Å²) in [6.45, 7) is 2.05. The molecule has 86 valence electrons. The van der Waals surface area contributed by atoms with Gasteiger partial charge in [0.1, 0.15) is 0 Å². The molecule has 0 aromatic heterocycles. The van der Waals surface area contributed by atoms with E-state index in [1.807, 2.05) is 12.1 Å². The molecule has 2 aromatic rings. The predicted molar refractivity (Wildman–Crippen MR) is 72.3 cm³/mol. The number of halogens is 1. The van der Waals surface area contributed by atoms with Gasteiger partial charge in [-0.1, -0.05) is 41.9 Å². The summed E-state index contributed by atoms with van der Waals surface area (Å²) in [5.41, 5.74) is 5.47. The van der Waals surface area contributed by atoms with Crippen molar-refractivity contribution in [1.29, 1.82) is 0 Å². The fourth-order valence-corrected chi connectivity index (χ4v) is 2.54. The largest absolute Gasteiger partial charge is 0.312 e. The van der Waals surface area contributed by atoms with E-state index in [4.69, 9.17) is 11.6 Å². The normalized spacial score (nSPS) is 14.4. The van der Waals surface area contributed by atoms with Crippen molar-refractivity contribution < 1.29 is 0 Å². The highest BCUT2D eigenvalue weighted by molar-refractivity contribution is 6.30. The van der Waals surface area contributed by atoms with Crippen LogP contribution in [0.2, 0.25) is 5.02 Å². The SMILES string of the molecule is Clc1ccc(-c2cccc3c2CNCC3)cc1. The van der Waals surface area contributed by atoms with Crippen LogP contribution in [-0.4, -0.2) is 6.54 Å². The summed E-state index contributed by atoms with van der Waals surface area (Å²) in [6, 6.07) is 14.6. The lowest BCUT2D eigenvalue weighted by Crippen LogP contribution is -2.24. The fourth-order valence-electron chi connectivity index (χ4n) is 2.41. The maximum Gasteiger partial charge on any atom is 0.0406 e. The minimum absolute atomic E-state index is 0.789. The molecular formula is C15H14ClN. The second-order valence-corrected chi connectivity index (χ2v) is 4.81. The summed E-state index contributed by atoms with van der Waals surface area (Å²) in [5.74, 6) is 0. The molecule has 1 aliphatic rings. The Labute approximate surface area is 106 Å². The van der Waals surface area contributed by atoms with E-state index in [1.165, 1.54) is 22.3 Å². The molecule has 0 atom stereocenters. The molecule has 0 unspecified atom stereocenters. The van der Waals surface area contributed by atoms with Crippen LogP contribution >= 0.6 is 11.6 Å². The third kappa shape index (κ3) is 2.08. The molecular weight excluding hydrogens is 230 g/mol. The van der Waals surface area contributed by atoms with Gasteiger partial charge in [0.25, 0.3) is 0 Å². The summed E-state index contributed by atoms with van der Waals surface area (Å²) in [7, 11) is 0. The highest BCUT2D eigenvalue weighted by atomic mass is 35.5. The second kappa shape index (κ2) is 4.52. The predicted octanol–water partition coefficient (Wildman–Crippen LogP) is 3.65. The molecule has 2 aromatic carbocycles. The number of nitrogens with one attached hydrogen (secondary N) is 1. The first-order chi connectivity index (χ1) is 8.34. The minimum atomic E-state index is 0.789. The highest BCUT2D eigenvalue weighted by Gasteiger charge is 2.13. The Hall–Kier alpha value is -1.31. The third-order valence-electron chi connectivity index (χ3n) is 3.30. The molecule has 1 heterocycles. The fraction of sp³-hybridized carbons (Fsp3) is 0.200. The van der Waals surface area contributed by atoms with Gasteiger partial charge >= 0.3 is 0 Å². The van der Waals surface area contributed by atoms with Gasteiger partial charge in [0.05, 0.1) is 0 Å². The zero-order chi connectivity index (χ0) is 11.7. The van der Waals surface area contributed by atoms with Crippen LogP contribution in [0.25, 0.3) is 11.1 Å². The zero-order valence-electron chi connectivity index (χ0n) is 9.54. The Morgan fingerprint density at radius 1 is 1.00 bits per heavy atom. The van der Waals surface area contributed by atoms with Gasteiger partial charge in [-0.05, 0) is 47.4 Å². The number of hydrogen-bond donors (Lipinski definition) is 1. The van der Waals surface area contributed by atoms with Crippen LogP contribution in [0.3, 0.4) is 0 Å². The Kier molecular flexibility index (Phi) is 2.87. The zero-order valence-corrected chi connectivity index (χ0v) is 10.3. The van der Waals surface area contributed by atoms with E-state index in [1.54, 1.807) is 0 Å². The van der Waals surface area contributed by atoms with Gasteiger partial charge in [-0.25, -0.2) is 0 Å². The quantitative estimate of drug-likeness (QED) is 0.806. The van der Waals surface area contributed by atoms with Gasteiger partial charge in [0.2, 0.25) is 0 Å². The first-order valence-electron chi connectivity index (χ1n) is 5.92. The lowest BCUT2D eigenvalue weighted by atomic mass is 9.92. The van der Waals surface area contributed by atoms with E-state index in [0.717, 1.165) is 24.5 Å². The van der Waals surface area contributed by atoms with E-state index in [0.29, 0.717) is 0 Å². The van der Waals surface area contributed by atoms with Crippen molar-refractivity contribution in [3.05, 3.63) is 58.6 Å². The second-order valence-electron chi connectivity index (χ2n) is 4.38. The minimum Gasteiger partial charge on any atom is -0.312 e. The van der Waals surface area contributed by atoms with Gasteiger partial charge < -0.3 is 5.32 Å². The molecule has 1 nitrogen and oxygen atoms in total. The molecule has 0 saturated heterocycles. The van der Waals surface area contributed by atoms with Crippen LogP contribution in [0.1, 0.15) is 11.1 Å². The van der Waals surface area contributed by atoms with Crippen LogP contribution in [0.4, 0.5) is 0 Å². The van der Waals surface area contributed by atoms with Gasteiger partial charge in [0.15, 0.2) is 0 Å². The van der Waals surface area contributed by atoms with Crippen molar-refractivity contribution in [3.8, 4) is 11.1 Å². The number of benzene rings is 2. The topological polar surface area (TPSA) is 12.0 Å². The molecule has 1 aliphatic heterocycles. The molecule has 0 spiro atoms. The van der Waals surface area contributed by atoms with Gasteiger partial charge in [0, 0.05) is 11.6 Å². The molecule has 0 aliphatic carbocycles. The van der Waals surface area contributed by atoms with Crippen molar-refractivity contribution in [1.82, 2.24) is 5.32 Å². The van der Waals surface area contributed by atoms with Crippen LogP contribution in [0, 0.1) is 0 Å². The smallest absolute Gasteiger partial charge is 0.0406 e. The van der Waals surface area contributed by atoms with Crippen LogP contribution in [-0.2, 0) is 13.0 Å². The average molecular weight is 244 g/mol. The number of fused-ring (bicyclic) bond motifs is 1. The molecule has 17 heavy (non-hydrogen) atoms. The van der Waals surface area contributed by atoms with Gasteiger partial charge in [-0.15, -0.1) is 0 Å². The third-order valence-corrected chi connectivity index (χ3v) is 3.55. The lowest BCUT2D eigenvalue weighted by Gasteiger charge is -2.20. The van der Waals surface area contributed by atoms with Crippen molar-refractivity contribution in [2.45, 2.75) is 13.0 Å². The van der Waals surface area contributed by atoms with Crippen molar-refractivity contribution >= 4 is 11.6 Å². The molecule has 1 N–H and O–H groups in total. The Balaban J connectivity index is 2.11. The molecule has 0 bridgehead atoms. The molecule has 3 rings (SSSR count). The van der Waals surface area contributed by atoms with Crippen molar-refractivity contribution in [3.63, 3.8) is 0 Å². The van der Waals surface area contributed by atoms with Crippen molar-refractivity contribution in [2.75, 3.05) is 6.54 Å². The first-order valence-corrected chi connectivity index (χ1v) is 6.30. The average Bonchev–Trinajstić information content (AvgIpc) is 2.39. The lowest BCUT2D eigenvalue weighted by molar-refractivity contribution is 0.645. The Bertz CT molecular complexity index is 531. The van der Waals surface area contributed by atoms with Crippen LogP contribution < -0.4 is 5.32 Å². The van der Waals surface area contributed by atoms with Crippen molar-refractivity contribution in [2.24, 2.45) is 0 Å². The summed E-state index contributed by atoms with van der Waals surface area (Å²) in [5, 5.41) is 4.22. The van der Waals surface area contributed by atoms with Gasteiger partial charge in [-0.3, -0.25) is 0 Å². The van der Waals surface area contributed by atoms with E-state index < -0.39 is 0 Å². The van der Waals surface area contributed by atoms with E-state index in [2.05, 4.69) is 35.6 Å². The first kappa shape index (κ1) is 10.8. The number of rotatable bonds is 1. The van der Waals surface area contributed by atoms with E-state index >= 15 is 0 Å². The summed E-state index contributed by atoms with van der Waals surface area (Å²) in [6.07, 6.45) is 1.12. The molecule has 0 saturated carbocycles. The number of hydrogen-bond acceptors (Lipinski definition) is 1. The molecule has 0 amide bonds. The highest BCUT2D eigenvalue weighted by Crippen LogP contribution is 2.28. The molecule has 0 radical (unpaired) electrons. The maximum atomic E-state index is 5.93. The van der Waals surface area contributed by atoms with E-state index in [-0.39, 0.29) is 0 Å². The Morgan fingerprint density at radius 3 is 2.65 bits per heavy atom. The van der Waals surface area contributed by atoms with Crippen LogP contribution in [0.5, 0.6) is 0 Å². The maximum absolute atomic E-state index is 5.93. The summed E-state index contributed by atoms with van der Waals surface area (Å²) >= 11 is 5.93. The molecule has 0 fully saturated rings. The van der Waals surface area contributed by atoms with Crippen LogP contribution in [0.15, 0.2) is 42.5 Å². The standard InChI is InChI=1S/C15H14ClN/c16-13-6-4-12(5-7-13)14-3-1-2-11-8-9-17-10-15(11)14/h1-7,17H,8-10H2. The summed E-state index contributed by atoms with van der Waals surface area (Å²) in [4.78, 5) is 0. The van der Waals surface area contributed by atoms with E-state index in [9.17, 15) is 0 Å². The van der Waals surface area contributed by atoms with Gasteiger partial charge in [-0.2, -0.15) is 0 Å². The molecule has 2 heteroatoms. The summed E-state index contributed by atoms with van der Waals surface area (Å²) < 4.78 is 0. The monoisotopic (exact) mass is 243 g/mol.